The molecule has 11 heteroatoms. The van der Waals surface area contributed by atoms with Crippen molar-refractivity contribution in [2.24, 2.45) is 10.1 Å². The standard InChI is InChI=1S/C20H17N3O6S2/c1-28-9-8-23-15-7-6-12(31(21,26)27)10-17(15)30-20(23)22-19(25)14-11-29-16-5-3-2-4-13(16)18(14)24/h2-7,10-11H,8-9H2,1H3,(H2,21,26,27). The average Bonchev–Trinajstić information content (AvgIpc) is 3.08. The lowest BCUT2D eigenvalue weighted by Gasteiger charge is -2.05. The Morgan fingerprint density at radius 3 is 2.77 bits per heavy atom. The molecule has 0 atom stereocenters. The van der Waals surface area contributed by atoms with Crippen molar-refractivity contribution in [3.63, 3.8) is 0 Å². The third kappa shape index (κ3) is 4.08. The number of rotatable bonds is 5. The molecule has 2 aromatic heterocycles. The minimum atomic E-state index is -3.89. The summed E-state index contributed by atoms with van der Waals surface area (Å²) in [6, 6.07) is 11.0. The van der Waals surface area contributed by atoms with E-state index in [0.717, 1.165) is 17.6 Å². The first kappa shape index (κ1) is 21.1. The summed E-state index contributed by atoms with van der Waals surface area (Å²) in [5.41, 5.74) is 0.361. The fraction of sp³-hybridized carbons (Fsp3) is 0.150. The van der Waals surface area contributed by atoms with Crippen LogP contribution in [0.1, 0.15) is 10.4 Å². The number of hydrogen-bond acceptors (Lipinski definition) is 7. The summed E-state index contributed by atoms with van der Waals surface area (Å²) >= 11 is 1.10. The van der Waals surface area contributed by atoms with Gasteiger partial charge in [-0.2, -0.15) is 4.99 Å². The molecule has 9 nitrogen and oxygen atoms in total. The van der Waals surface area contributed by atoms with E-state index < -0.39 is 21.4 Å². The molecule has 0 aliphatic heterocycles. The van der Waals surface area contributed by atoms with Crippen LogP contribution in [0.15, 0.2) is 67.8 Å². The Bertz CT molecular complexity index is 1550. The van der Waals surface area contributed by atoms with Gasteiger partial charge in [0.1, 0.15) is 17.4 Å². The van der Waals surface area contributed by atoms with E-state index in [0.29, 0.717) is 29.0 Å². The molecule has 2 N–H and O–H groups in total. The number of para-hydroxylation sites is 1. The first-order valence-electron chi connectivity index (χ1n) is 9.04. The Kier molecular flexibility index (Phi) is 5.58. The minimum absolute atomic E-state index is 0.0480. The molecule has 0 saturated carbocycles. The Morgan fingerprint density at radius 1 is 1.26 bits per heavy atom. The summed E-state index contributed by atoms with van der Waals surface area (Å²) in [6.07, 6.45) is 1.10. The number of nitrogens with zero attached hydrogens (tertiary/aromatic N) is 2. The number of nitrogens with two attached hydrogens (primary N) is 1. The number of carbonyl (C=O) groups excluding carboxylic acids is 1. The highest BCUT2D eigenvalue weighted by molar-refractivity contribution is 7.89. The predicted octanol–water partition coefficient (Wildman–Crippen LogP) is 1.84. The van der Waals surface area contributed by atoms with Gasteiger partial charge in [0, 0.05) is 13.7 Å². The van der Waals surface area contributed by atoms with Gasteiger partial charge in [-0.25, -0.2) is 13.6 Å². The summed E-state index contributed by atoms with van der Waals surface area (Å²) in [6.45, 7) is 0.700. The van der Waals surface area contributed by atoms with Gasteiger partial charge in [0.25, 0.3) is 5.91 Å². The molecule has 2 aromatic carbocycles. The molecule has 0 fully saturated rings. The van der Waals surface area contributed by atoms with Crippen molar-refractivity contribution >= 4 is 48.5 Å². The van der Waals surface area contributed by atoms with E-state index in [2.05, 4.69) is 4.99 Å². The number of methoxy groups -OCH3 is 1. The third-order valence-electron chi connectivity index (χ3n) is 4.61. The van der Waals surface area contributed by atoms with Crippen LogP contribution in [0.2, 0.25) is 0 Å². The number of ether oxygens (including phenoxy) is 1. The van der Waals surface area contributed by atoms with Crippen LogP contribution >= 0.6 is 11.3 Å². The molecule has 1 amide bonds. The maximum Gasteiger partial charge on any atom is 0.286 e. The summed E-state index contributed by atoms with van der Waals surface area (Å²) in [7, 11) is -2.35. The van der Waals surface area contributed by atoms with Gasteiger partial charge in [0.05, 0.1) is 27.1 Å². The fourth-order valence-electron chi connectivity index (χ4n) is 3.09. The monoisotopic (exact) mass is 459 g/mol. The molecule has 0 aliphatic carbocycles. The Balaban J connectivity index is 1.88. The van der Waals surface area contributed by atoms with E-state index in [1.807, 2.05) is 0 Å². The van der Waals surface area contributed by atoms with Crippen molar-refractivity contribution in [3.8, 4) is 0 Å². The van der Waals surface area contributed by atoms with Gasteiger partial charge in [-0.3, -0.25) is 9.59 Å². The summed E-state index contributed by atoms with van der Waals surface area (Å²) in [4.78, 5) is 29.9. The molecule has 0 radical (unpaired) electrons. The highest BCUT2D eigenvalue weighted by atomic mass is 32.2. The van der Waals surface area contributed by atoms with Crippen molar-refractivity contribution in [1.29, 1.82) is 0 Å². The molecule has 0 unspecified atom stereocenters. The van der Waals surface area contributed by atoms with Gasteiger partial charge in [-0.1, -0.05) is 23.5 Å². The molecule has 2 heterocycles. The second kappa shape index (κ2) is 8.19. The average molecular weight is 460 g/mol. The van der Waals surface area contributed by atoms with Crippen molar-refractivity contribution in [2.45, 2.75) is 11.4 Å². The number of hydrogen-bond donors (Lipinski definition) is 1. The number of benzene rings is 2. The van der Waals surface area contributed by atoms with E-state index in [1.54, 1.807) is 34.9 Å². The zero-order chi connectivity index (χ0) is 22.2. The van der Waals surface area contributed by atoms with Crippen molar-refractivity contribution < 1.29 is 22.4 Å². The van der Waals surface area contributed by atoms with Crippen LogP contribution in [0, 0.1) is 0 Å². The molecule has 0 spiro atoms. The Hall–Kier alpha value is -3.12. The SMILES string of the molecule is COCCn1c(=NC(=O)c2coc3ccccc3c2=O)sc2cc(S(N)(=O)=O)ccc21. The zero-order valence-corrected chi connectivity index (χ0v) is 17.9. The number of primary sulfonamides is 1. The van der Waals surface area contributed by atoms with Crippen LogP contribution < -0.4 is 15.4 Å². The van der Waals surface area contributed by atoms with Gasteiger partial charge in [-0.05, 0) is 30.3 Å². The number of aromatic nitrogens is 1. The zero-order valence-electron chi connectivity index (χ0n) is 16.3. The topological polar surface area (TPSA) is 134 Å². The summed E-state index contributed by atoms with van der Waals surface area (Å²) in [5, 5.41) is 5.50. The van der Waals surface area contributed by atoms with E-state index in [4.69, 9.17) is 14.3 Å². The molecular formula is C20H17N3O6S2. The highest BCUT2D eigenvalue weighted by Gasteiger charge is 2.16. The first-order chi connectivity index (χ1) is 14.8. The number of sulfonamides is 1. The number of thiazole rings is 1. The van der Waals surface area contributed by atoms with Crippen LogP contribution in [-0.2, 0) is 21.3 Å². The van der Waals surface area contributed by atoms with Gasteiger partial charge < -0.3 is 13.7 Å². The third-order valence-corrected chi connectivity index (χ3v) is 6.56. The van der Waals surface area contributed by atoms with E-state index in [-0.39, 0.29) is 20.6 Å². The van der Waals surface area contributed by atoms with Gasteiger partial charge in [0.2, 0.25) is 15.5 Å². The fourth-order valence-corrected chi connectivity index (χ4v) is 4.80. The smallest absolute Gasteiger partial charge is 0.286 e. The van der Waals surface area contributed by atoms with E-state index in [9.17, 15) is 18.0 Å². The quantitative estimate of drug-likeness (QED) is 0.484. The maximum absolute atomic E-state index is 12.8. The highest BCUT2D eigenvalue weighted by Crippen LogP contribution is 2.21. The molecule has 0 aliphatic rings. The lowest BCUT2D eigenvalue weighted by atomic mass is 10.2. The molecule has 4 rings (SSSR count). The summed E-state index contributed by atoms with van der Waals surface area (Å²) in [5.74, 6) is -0.760. The largest absolute Gasteiger partial charge is 0.463 e. The molecule has 160 valence electrons. The van der Waals surface area contributed by atoms with Crippen molar-refractivity contribution in [1.82, 2.24) is 4.57 Å². The van der Waals surface area contributed by atoms with Crippen LogP contribution in [0.3, 0.4) is 0 Å². The molecule has 0 bridgehead atoms. The molecule has 4 aromatic rings. The number of amides is 1. The van der Waals surface area contributed by atoms with Crippen molar-refractivity contribution in [2.75, 3.05) is 13.7 Å². The van der Waals surface area contributed by atoms with Crippen molar-refractivity contribution in [3.05, 3.63) is 69.3 Å². The molecular weight excluding hydrogens is 442 g/mol. The van der Waals surface area contributed by atoms with Gasteiger partial charge in [0.15, 0.2) is 4.80 Å². The van der Waals surface area contributed by atoms with Crippen LogP contribution in [0.4, 0.5) is 0 Å². The molecule has 0 saturated heterocycles. The van der Waals surface area contributed by atoms with Gasteiger partial charge in [-0.15, -0.1) is 0 Å². The van der Waals surface area contributed by atoms with Crippen LogP contribution in [-0.4, -0.2) is 32.6 Å². The number of fused-ring (bicyclic) bond motifs is 2. The van der Waals surface area contributed by atoms with Crippen LogP contribution in [0.5, 0.6) is 0 Å². The lowest BCUT2D eigenvalue weighted by molar-refractivity contribution is 0.0994. The van der Waals surface area contributed by atoms with Crippen LogP contribution in [0.25, 0.3) is 21.2 Å². The normalized spacial score (nSPS) is 12.6. The predicted molar refractivity (Wildman–Crippen MR) is 115 cm³/mol. The van der Waals surface area contributed by atoms with Gasteiger partial charge >= 0.3 is 0 Å². The van der Waals surface area contributed by atoms with E-state index >= 15 is 0 Å². The van der Waals surface area contributed by atoms with E-state index in [1.165, 1.54) is 19.2 Å². The minimum Gasteiger partial charge on any atom is -0.463 e. The second-order valence-corrected chi connectivity index (χ2v) is 9.17. The Morgan fingerprint density at radius 2 is 2.03 bits per heavy atom. The molecule has 31 heavy (non-hydrogen) atoms. The maximum atomic E-state index is 12.8. The number of carbonyl (C=O) groups is 1. The second-order valence-electron chi connectivity index (χ2n) is 6.60. The summed E-state index contributed by atoms with van der Waals surface area (Å²) < 4.78 is 36.2. The first-order valence-corrected chi connectivity index (χ1v) is 11.4. The Labute approximate surface area is 180 Å². The lowest BCUT2D eigenvalue weighted by Crippen LogP contribution is -2.21.